The zero-order chi connectivity index (χ0) is 26.0. The first-order chi connectivity index (χ1) is 16.3. The third-order valence-corrected chi connectivity index (χ3v) is 8.49. The fraction of sp³-hybridized carbons (Fsp3) is 0.409. The molecule has 0 radical (unpaired) electrons. The summed E-state index contributed by atoms with van der Waals surface area (Å²) in [5, 5.41) is 16.5. The van der Waals surface area contributed by atoms with Crippen molar-refractivity contribution in [2.24, 2.45) is 5.14 Å². The molecule has 0 heterocycles. The van der Waals surface area contributed by atoms with Gasteiger partial charge in [-0.3, -0.25) is 0 Å². The van der Waals surface area contributed by atoms with E-state index in [1.165, 1.54) is 12.1 Å². The summed E-state index contributed by atoms with van der Waals surface area (Å²) in [6.45, 7) is 0. The molecular weight excluding hydrogens is 509 g/mol. The van der Waals surface area contributed by atoms with Gasteiger partial charge >= 0.3 is 5.97 Å². The molecule has 1 aliphatic carbocycles. The van der Waals surface area contributed by atoms with Crippen LogP contribution in [0.25, 0.3) is 0 Å². The molecule has 13 heteroatoms. The molecule has 3 rings (SSSR count). The number of halogens is 3. The van der Waals surface area contributed by atoms with Crippen molar-refractivity contribution in [1.82, 2.24) is 0 Å². The molecule has 2 aromatic carbocycles. The van der Waals surface area contributed by atoms with E-state index in [-0.39, 0.29) is 11.1 Å². The van der Waals surface area contributed by atoms with Crippen molar-refractivity contribution < 1.29 is 39.9 Å². The lowest BCUT2D eigenvalue weighted by molar-refractivity contribution is 0.0697. The van der Waals surface area contributed by atoms with Gasteiger partial charge in [-0.15, -0.1) is 0 Å². The second-order valence-corrected chi connectivity index (χ2v) is 11.9. The topological polar surface area (TPSA) is 144 Å². The van der Waals surface area contributed by atoms with Gasteiger partial charge in [0.05, 0.1) is 17.0 Å². The summed E-state index contributed by atoms with van der Waals surface area (Å²) in [6.07, 6.45) is 5.20. The summed E-state index contributed by atoms with van der Waals surface area (Å²) in [7, 11) is -9.86. The first kappa shape index (κ1) is 27.0. The lowest BCUT2D eigenvalue weighted by Gasteiger charge is -2.25. The Balaban J connectivity index is 2.14. The molecule has 0 saturated heterocycles. The SMILES string of the molecule is NS(=O)(=O)c1c(F)c(F)c(S(=O)(=O)Cc2ccc(C(=O)O)cc2)c(NC2CCCCCCC2)c1F. The highest BCUT2D eigenvalue weighted by Gasteiger charge is 2.37. The average Bonchev–Trinajstić information content (AvgIpc) is 2.72. The lowest BCUT2D eigenvalue weighted by atomic mass is 9.96. The van der Waals surface area contributed by atoms with E-state index in [4.69, 9.17) is 10.2 Å². The predicted molar refractivity (Wildman–Crippen MR) is 122 cm³/mol. The number of carboxylic acid groups (broad SMARTS) is 1. The number of nitrogens with two attached hydrogens (primary N) is 1. The zero-order valence-electron chi connectivity index (χ0n) is 18.6. The molecule has 1 aliphatic rings. The monoisotopic (exact) mass is 534 g/mol. The van der Waals surface area contributed by atoms with E-state index in [2.05, 4.69) is 5.32 Å². The van der Waals surface area contributed by atoms with Crippen LogP contribution in [0.5, 0.6) is 0 Å². The van der Waals surface area contributed by atoms with E-state index < -0.39 is 70.6 Å². The molecule has 1 fully saturated rings. The van der Waals surface area contributed by atoms with Gasteiger partial charge in [-0.2, -0.15) is 0 Å². The van der Waals surface area contributed by atoms with Crippen molar-refractivity contribution in [1.29, 1.82) is 0 Å². The van der Waals surface area contributed by atoms with Crippen LogP contribution in [0.2, 0.25) is 0 Å². The number of carboxylic acids is 1. The molecule has 2 aromatic rings. The minimum atomic E-state index is -5.08. The Hall–Kier alpha value is -2.64. The predicted octanol–water partition coefficient (Wildman–Crippen LogP) is 3.95. The van der Waals surface area contributed by atoms with E-state index >= 15 is 8.78 Å². The molecular formula is C22H25F3N2O6S2. The Kier molecular flexibility index (Phi) is 8.12. The number of hydrogen-bond donors (Lipinski definition) is 3. The van der Waals surface area contributed by atoms with E-state index in [1.54, 1.807) is 0 Å². The van der Waals surface area contributed by atoms with E-state index in [0.717, 1.165) is 44.2 Å². The molecule has 0 bridgehead atoms. The number of nitrogens with one attached hydrogen (secondary N) is 1. The maximum absolute atomic E-state index is 15.4. The summed E-state index contributed by atoms with van der Waals surface area (Å²) in [5.74, 6) is -8.28. The molecule has 8 nitrogen and oxygen atoms in total. The first-order valence-electron chi connectivity index (χ1n) is 10.9. The Morgan fingerprint density at radius 3 is 1.91 bits per heavy atom. The van der Waals surface area contributed by atoms with Crippen LogP contribution in [-0.2, 0) is 25.6 Å². The summed E-state index contributed by atoms with van der Waals surface area (Å²) in [5.41, 5.74) is -1.08. The van der Waals surface area contributed by atoms with Crippen LogP contribution in [0.4, 0.5) is 18.9 Å². The summed E-state index contributed by atoms with van der Waals surface area (Å²) >= 11 is 0. The van der Waals surface area contributed by atoms with Crippen molar-refractivity contribution in [3.05, 3.63) is 52.8 Å². The van der Waals surface area contributed by atoms with E-state index in [0.29, 0.717) is 12.8 Å². The smallest absolute Gasteiger partial charge is 0.335 e. The van der Waals surface area contributed by atoms with Crippen LogP contribution in [-0.4, -0.2) is 34.0 Å². The summed E-state index contributed by atoms with van der Waals surface area (Å²) < 4.78 is 95.2. The quantitative estimate of drug-likeness (QED) is 0.456. The van der Waals surface area contributed by atoms with Crippen LogP contribution in [0, 0.1) is 17.5 Å². The Labute approximate surface area is 201 Å². The minimum Gasteiger partial charge on any atom is -0.478 e. The maximum atomic E-state index is 15.4. The molecule has 0 atom stereocenters. The number of sulfone groups is 1. The number of benzene rings is 2. The highest BCUT2D eigenvalue weighted by molar-refractivity contribution is 7.91. The van der Waals surface area contributed by atoms with Crippen molar-refractivity contribution in [2.75, 3.05) is 5.32 Å². The Morgan fingerprint density at radius 2 is 1.40 bits per heavy atom. The number of primary sulfonamides is 1. The number of hydrogen-bond acceptors (Lipinski definition) is 6. The molecule has 0 aromatic heterocycles. The molecule has 0 unspecified atom stereocenters. The van der Waals surface area contributed by atoms with Crippen molar-refractivity contribution >= 4 is 31.5 Å². The fourth-order valence-electron chi connectivity index (χ4n) is 4.13. The molecule has 1 saturated carbocycles. The van der Waals surface area contributed by atoms with E-state index in [9.17, 15) is 26.0 Å². The van der Waals surface area contributed by atoms with Gasteiger partial charge in [0, 0.05) is 6.04 Å². The second-order valence-electron chi connectivity index (χ2n) is 8.47. The molecule has 35 heavy (non-hydrogen) atoms. The maximum Gasteiger partial charge on any atom is 0.335 e. The van der Waals surface area contributed by atoms with Crippen LogP contribution in [0.15, 0.2) is 34.1 Å². The van der Waals surface area contributed by atoms with Gasteiger partial charge in [0.15, 0.2) is 32.2 Å². The van der Waals surface area contributed by atoms with Crippen molar-refractivity contribution in [3.8, 4) is 0 Å². The van der Waals surface area contributed by atoms with Crippen LogP contribution in [0.3, 0.4) is 0 Å². The van der Waals surface area contributed by atoms with Crippen LogP contribution >= 0.6 is 0 Å². The van der Waals surface area contributed by atoms with Crippen molar-refractivity contribution in [2.45, 2.75) is 66.5 Å². The molecule has 0 amide bonds. The number of aromatic carboxylic acids is 1. The van der Waals surface area contributed by atoms with Crippen LogP contribution in [0.1, 0.15) is 60.9 Å². The number of carbonyl (C=O) groups is 1. The van der Waals surface area contributed by atoms with Gasteiger partial charge in [0.1, 0.15) is 4.90 Å². The fourth-order valence-corrected chi connectivity index (χ4v) is 6.42. The molecule has 0 aliphatic heterocycles. The number of sulfonamides is 1. The van der Waals surface area contributed by atoms with Gasteiger partial charge in [-0.25, -0.2) is 39.9 Å². The largest absolute Gasteiger partial charge is 0.478 e. The van der Waals surface area contributed by atoms with E-state index in [1.807, 2.05) is 0 Å². The number of anilines is 1. The third-order valence-electron chi connectivity index (χ3n) is 5.84. The standard InChI is InChI=1S/C22H25F3N2O6S2/c23-16-17(24)21(34(30,31)12-13-8-10-14(11-9-13)22(28)29)19(18(25)20(16)35(26,32)33)27-15-6-4-2-1-3-5-7-15/h8-11,15,27H,1-7,12H2,(H,28,29)(H2,26,32,33). The second kappa shape index (κ2) is 10.5. The van der Waals surface area contributed by atoms with Gasteiger partial charge in [0.25, 0.3) is 0 Å². The molecule has 0 spiro atoms. The normalized spacial score (nSPS) is 15.9. The van der Waals surface area contributed by atoms with Crippen molar-refractivity contribution in [3.63, 3.8) is 0 Å². The summed E-state index contributed by atoms with van der Waals surface area (Å²) in [4.78, 5) is 7.91. The third kappa shape index (κ3) is 6.14. The molecule has 192 valence electrons. The first-order valence-corrected chi connectivity index (χ1v) is 14.1. The minimum absolute atomic E-state index is 0.0302. The Bertz CT molecular complexity index is 1320. The number of rotatable bonds is 7. The van der Waals surface area contributed by atoms with Gasteiger partial charge in [-0.05, 0) is 30.5 Å². The highest BCUT2D eigenvalue weighted by atomic mass is 32.2. The van der Waals surface area contributed by atoms with Gasteiger partial charge < -0.3 is 10.4 Å². The lowest BCUT2D eigenvalue weighted by Crippen LogP contribution is -2.26. The summed E-state index contributed by atoms with van der Waals surface area (Å²) in [6, 6.07) is 4.09. The average molecular weight is 535 g/mol. The molecule has 4 N–H and O–H groups in total. The van der Waals surface area contributed by atoms with Gasteiger partial charge in [0.2, 0.25) is 10.0 Å². The van der Waals surface area contributed by atoms with Crippen LogP contribution < -0.4 is 10.5 Å². The zero-order valence-corrected chi connectivity index (χ0v) is 20.2. The highest BCUT2D eigenvalue weighted by Crippen LogP contribution is 2.37. The Morgan fingerprint density at radius 1 is 0.886 bits per heavy atom. The van der Waals surface area contributed by atoms with Gasteiger partial charge in [-0.1, -0.05) is 44.2 Å².